The smallest absolute Gasteiger partial charge is 0.124 e. The van der Waals surface area contributed by atoms with E-state index in [0.717, 1.165) is 22.6 Å². The zero-order valence-electron chi connectivity index (χ0n) is 10.8. The summed E-state index contributed by atoms with van der Waals surface area (Å²) in [5.74, 6) is 1.71. The molecule has 0 bridgehead atoms. The Morgan fingerprint density at radius 1 is 1.16 bits per heavy atom. The first-order valence-electron chi connectivity index (χ1n) is 6.00. The standard InChI is InChI=1S/C15H17NO3/c1-18-14-5-6-15(12(8-14)9-16)19-10-11-3-2-4-13(17)7-11/h2-8,17H,9-10,16H2,1H3. The lowest BCUT2D eigenvalue weighted by atomic mass is 10.2. The van der Waals surface area contributed by atoms with Crippen LogP contribution < -0.4 is 15.2 Å². The lowest BCUT2D eigenvalue weighted by Gasteiger charge is -2.12. The summed E-state index contributed by atoms with van der Waals surface area (Å²) in [4.78, 5) is 0. The van der Waals surface area contributed by atoms with Gasteiger partial charge in [-0.3, -0.25) is 0 Å². The normalized spacial score (nSPS) is 10.2. The topological polar surface area (TPSA) is 64.7 Å². The SMILES string of the molecule is COc1ccc(OCc2cccc(O)c2)c(CN)c1. The quantitative estimate of drug-likeness (QED) is 0.865. The van der Waals surface area contributed by atoms with E-state index in [9.17, 15) is 5.11 Å². The van der Waals surface area contributed by atoms with Gasteiger partial charge in [0.15, 0.2) is 0 Å². The van der Waals surface area contributed by atoms with Gasteiger partial charge in [-0.25, -0.2) is 0 Å². The van der Waals surface area contributed by atoms with Crippen molar-refractivity contribution in [2.45, 2.75) is 13.2 Å². The van der Waals surface area contributed by atoms with Crippen molar-refractivity contribution in [1.29, 1.82) is 0 Å². The van der Waals surface area contributed by atoms with Gasteiger partial charge < -0.3 is 20.3 Å². The zero-order valence-corrected chi connectivity index (χ0v) is 10.8. The third-order valence-electron chi connectivity index (χ3n) is 2.79. The Bertz CT molecular complexity index is 555. The highest BCUT2D eigenvalue weighted by Crippen LogP contribution is 2.25. The zero-order chi connectivity index (χ0) is 13.7. The van der Waals surface area contributed by atoms with Crippen molar-refractivity contribution in [3.63, 3.8) is 0 Å². The summed E-state index contributed by atoms with van der Waals surface area (Å²) in [6.07, 6.45) is 0. The van der Waals surface area contributed by atoms with Crippen LogP contribution in [0.15, 0.2) is 42.5 Å². The number of aromatic hydroxyl groups is 1. The minimum absolute atomic E-state index is 0.231. The molecule has 0 saturated heterocycles. The van der Waals surface area contributed by atoms with Gasteiger partial charge in [-0.1, -0.05) is 12.1 Å². The van der Waals surface area contributed by atoms with E-state index in [0.29, 0.717) is 13.2 Å². The van der Waals surface area contributed by atoms with E-state index >= 15 is 0 Å². The molecular weight excluding hydrogens is 242 g/mol. The van der Waals surface area contributed by atoms with Crippen molar-refractivity contribution in [3.8, 4) is 17.2 Å². The molecule has 4 nitrogen and oxygen atoms in total. The van der Waals surface area contributed by atoms with Crippen molar-refractivity contribution in [2.24, 2.45) is 5.73 Å². The van der Waals surface area contributed by atoms with Gasteiger partial charge >= 0.3 is 0 Å². The Balaban J connectivity index is 2.11. The highest BCUT2D eigenvalue weighted by Gasteiger charge is 2.05. The van der Waals surface area contributed by atoms with Crippen molar-refractivity contribution < 1.29 is 14.6 Å². The number of nitrogens with two attached hydrogens (primary N) is 1. The van der Waals surface area contributed by atoms with Crippen LogP contribution in [0.1, 0.15) is 11.1 Å². The van der Waals surface area contributed by atoms with Gasteiger partial charge in [0.25, 0.3) is 0 Å². The van der Waals surface area contributed by atoms with Gasteiger partial charge in [0.1, 0.15) is 23.9 Å². The van der Waals surface area contributed by atoms with Crippen molar-refractivity contribution in [1.82, 2.24) is 0 Å². The van der Waals surface area contributed by atoms with Gasteiger partial charge in [0, 0.05) is 12.1 Å². The van der Waals surface area contributed by atoms with Gasteiger partial charge in [0.05, 0.1) is 7.11 Å². The lowest BCUT2D eigenvalue weighted by Crippen LogP contribution is -2.03. The summed E-state index contributed by atoms with van der Waals surface area (Å²) < 4.78 is 10.9. The molecule has 0 aliphatic rings. The maximum Gasteiger partial charge on any atom is 0.124 e. The summed E-state index contributed by atoms with van der Waals surface area (Å²) in [6.45, 7) is 0.764. The average Bonchev–Trinajstić information content (AvgIpc) is 2.45. The Morgan fingerprint density at radius 3 is 2.68 bits per heavy atom. The fraction of sp³-hybridized carbons (Fsp3) is 0.200. The fourth-order valence-corrected chi connectivity index (χ4v) is 1.79. The number of hydrogen-bond donors (Lipinski definition) is 2. The first-order chi connectivity index (χ1) is 9.22. The molecule has 0 aromatic heterocycles. The molecule has 19 heavy (non-hydrogen) atoms. The Morgan fingerprint density at radius 2 is 2.00 bits per heavy atom. The monoisotopic (exact) mass is 259 g/mol. The highest BCUT2D eigenvalue weighted by atomic mass is 16.5. The largest absolute Gasteiger partial charge is 0.508 e. The average molecular weight is 259 g/mol. The lowest BCUT2D eigenvalue weighted by molar-refractivity contribution is 0.301. The third-order valence-corrected chi connectivity index (χ3v) is 2.79. The maximum atomic E-state index is 9.39. The van der Waals surface area contributed by atoms with Crippen molar-refractivity contribution in [2.75, 3.05) is 7.11 Å². The molecule has 0 aliphatic carbocycles. The number of hydrogen-bond acceptors (Lipinski definition) is 4. The predicted octanol–water partition coefficient (Wildman–Crippen LogP) is 2.44. The van der Waals surface area contributed by atoms with E-state index in [1.807, 2.05) is 24.3 Å². The van der Waals surface area contributed by atoms with Gasteiger partial charge in [0.2, 0.25) is 0 Å². The number of methoxy groups -OCH3 is 1. The maximum absolute atomic E-state index is 9.39. The van der Waals surface area contributed by atoms with Crippen molar-refractivity contribution in [3.05, 3.63) is 53.6 Å². The second kappa shape index (κ2) is 6.11. The van der Waals surface area contributed by atoms with E-state index in [2.05, 4.69) is 0 Å². The van der Waals surface area contributed by atoms with Crippen LogP contribution >= 0.6 is 0 Å². The van der Waals surface area contributed by atoms with E-state index in [1.165, 1.54) is 0 Å². The van der Waals surface area contributed by atoms with E-state index < -0.39 is 0 Å². The van der Waals surface area contributed by atoms with Gasteiger partial charge in [-0.2, -0.15) is 0 Å². The minimum Gasteiger partial charge on any atom is -0.508 e. The summed E-state index contributed by atoms with van der Waals surface area (Å²) in [5, 5.41) is 9.39. The van der Waals surface area contributed by atoms with E-state index in [4.69, 9.17) is 15.2 Å². The molecule has 0 saturated carbocycles. The van der Waals surface area contributed by atoms with Crippen LogP contribution in [0.2, 0.25) is 0 Å². The molecule has 0 spiro atoms. The summed E-state index contributed by atoms with van der Waals surface area (Å²) in [7, 11) is 1.61. The fourth-order valence-electron chi connectivity index (χ4n) is 1.79. The molecule has 2 rings (SSSR count). The summed E-state index contributed by atoms with van der Waals surface area (Å²) >= 11 is 0. The van der Waals surface area contributed by atoms with Crippen LogP contribution in [-0.4, -0.2) is 12.2 Å². The van der Waals surface area contributed by atoms with Crippen LogP contribution in [0.3, 0.4) is 0 Å². The Labute approximate surface area is 112 Å². The van der Waals surface area contributed by atoms with Crippen LogP contribution in [0.5, 0.6) is 17.2 Å². The molecule has 0 amide bonds. The molecule has 0 atom stereocenters. The first-order valence-corrected chi connectivity index (χ1v) is 6.00. The van der Waals surface area contributed by atoms with E-state index in [-0.39, 0.29) is 5.75 Å². The number of rotatable bonds is 5. The van der Waals surface area contributed by atoms with Crippen LogP contribution in [0.4, 0.5) is 0 Å². The Hall–Kier alpha value is -2.20. The van der Waals surface area contributed by atoms with Crippen LogP contribution in [0, 0.1) is 0 Å². The molecule has 0 fully saturated rings. The third kappa shape index (κ3) is 3.39. The summed E-state index contributed by atoms with van der Waals surface area (Å²) in [5.41, 5.74) is 7.48. The van der Waals surface area contributed by atoms with Crippen LogP contribution in [0.25, 0.3) is 0 Å². The molecule has 3 N–H and O–H groups in total. The predicted molar refractivity (Wildman–Crippen MR) is 73.3 cm³/mol. The number of ether oxygens (including phenoxy) is 2. The van der Waals surface area contributed by atoms with Crippen molar-refractivity contribution >= 4 is 0 Å². The molecule has 0 heterocycles. The molecule has 100 valence electrons. The number of phenolic OH excluding ortho intramolecular Hbond substituents is 1. The second-order valence-electron chi connectivity index (χ2n) is 4.14. The molecule has 2 aromatic carbocycles. The van der Waals surface area contributed by atoms with Gasteiger partial charge in [-0.05, 0) is 35.9 Å². The molecule has 4 heteroatoms. The highest BCUT2D eigenvalue weighted by molar-refractivity contribution is 5.40. The minimum atomic E-state index is 0.231. The number of phenols is 1. The second-order valence-corrected chi connectivity index (χ2v) is 4.14. The number of benzene rings is 2. The Kier molecular flexibility index (Phi) is 4.26. The molecule has 0 aliphatic heterocycles. The van der Waals surface area contributed by atoms with Gasteiger partial charge in [-0.15, -0.1) is 0 Å². The van der Waals surface area contributed by atoms with E-state index in [1.54, 1.807) is 25.3 Å². The molecule has 0 radical (unpaired) electrons. The van der Waals surface area contributed by atoms with Crippen LogP contribution in [-0.2, 0) is 13.2 Å². The first kappa shape index (κ1) is 13.2. The molecule has 2 aromatic rings. The summed E-state index contributed by atoms with van der Waals surface area (Å²) in [6, 6.07) is 12.5. The molecule has 0 unspecified atom stereocenters. The molecular formula is C15H17NO3.